The number of carbonyl (C=O) groups excluding carboxylic acids is 1. The minimum atomic E-state index is -3.09. The summed E-state index contributed by atoms with van der Waals surface area (Å²) in [5.41, 5.74) is 2.51. The van der Waals surface area contributed by atoms with Crippen LogP contribution in [-0.2, 0) is 14.6 Å². The van der Waals surface area contributed by atoms with Gasteiger partial charge in [-0.3, -0.25) is 4.79 Å². The summed E-state index contributed by atoms with van der Waals surface area (Å²) in [5, 5.41) is 7.45. The molecule has 0 unspecified atom stereocenters. The van der Waals surface area contributed by atoms with Crippen LogP contribution in [-0.4, -0.2) is 42.2 Å². The number of rotatable bonds is 6. The third kappa shape index (κ3) is 4.54. The number of nitrogens with one attached hydrogen (secondary N) is 1. The maximum absolute atomic E-state index is 12.5. The predicted octanol–water partition coefficient (Wildman–Crippen LogP) is 3.24. The Morgan fingerprint density at radius 3 is 2.60 bits per heavy atom. The van der Waals surface area contributed by atoms with E-state index in [0.717, 1.165) is 11.1 Å². The molecule has 0 spiro atoms. The highest BCUT2D eigenvalue weighted by Crippen LogP contribution is 2.30. The van der Waals surface area contributed by atoms with Gasteiger partial charge in [-0.25, -0.2) is 13.1 Å². The molecule has 1 saturated heterocycles. The van der Waals surface area contributed by atoms with Crippen LogP contribution in [0.1, 0.15) is 18.0 Å². The molecule has 8 heteroatoms. The zero-order valence-electron chi connectivity index (χ0n) is 16.6. The largest absolute Gasteiger partial charge is 0.483 e. The Kier molecular flexibility index (Phi) is 5.59. The molecule has 30 heavy (non-hydrogen) atoms. The van der Waals surface area contributed by atoms with Gasteiger partial charge < -0.3 is 10.1 Å². The second kappa shape index (κ2) is 8.31. The van der Waals surface area contributed by atoms with Crippen molar-refractivity contribution in [2.24, 2.45) is 0 Å². The van der Waals surface area contributed by atoms with Gasteiger partial charge in [0.15, 0.2) is 16.4 Å². The zero-order valence-corrected chi connectivity index (χ0v) is 17.4. The van der Waals surface area contributed by atoms with Crippen molar-refractivity contribution in [2.45, 2.75) is 19.4 Å². The Morgan fingerprint density at radius 2 is 1.90 bits per heavy atom. The van der Waals surface area contributed by atoms with E-state index in [1.807, 2.05) is 61.5 Å². The molecule has 1 fully saturated rings. The summed E-state index contributed by atoms with van der Waals surface area (Å²) < 4.78 is 31.2. The fourth-order valence-corrected chi connectivity index (χ4v) is 5.22. The Labute approximate surface area is 175 Å². The lowest BCUT2D eigenvalue weighted by Crippen LogP contribution is -2.24. The van der Waals surface area contributed by atoms with Gasteiger partial charge in [-0.15, -0.1) is 0 Å². The van der Waals surface area contributed by atoms with Crippen LogP contribution in [0.15, 0.2) is 60.7 Å². The summed E-state index contributed by atoms with van der Waals surface area (Å²) in [4.78, 5) is 12.5. The van der Waals surface area contributed by atoms with E-state index >= 15 is 0 Å². The van der Waals surface area contributed by atoms with Crippen LogP contribution in [0.2, 0.25) is 0 Å². The number of benzene rings is 2. The highest BCUT2D eigenvalue weighted by atomic mass is 32.2. The van der Waals surface area contributed by atoms with Gasteiger partial charge in [0.2, 0.25) is 0 Å². The topological polar surface area (TPSA) is 90.3 Å². The van der Waals surface area contributed by atoms with Crippen molar-refractivity contribution in [3.8, 4) is 17.0 Å². The lowest BCUT2D eigenvalue weighted by molar-refractivity contribution is -0.118. The second-order valence-electron chi connectivity index (χ2n) is 7.38. The van der Waals surface area contributed by atoms with Gasteiger partial charge >= 0.3 is 0 Å². The van der Waals surface area contributed by atoms with Crippen molar-refractivity contribution in [2.75, 3.05) is 23.4 Å². The molecule has 3 aromatic rings. The molecule has 0 bridgehead atoms. The van der Waals surface area contributed by atoms with Gasteiger partial charge in [0.1, 0.15) is 11.6 Å². The maximum atomic E-state index is 12.5. The van der Waals surface area contributed by atoms with Crippen LogP contribution in [0.5, 0.6) is 5.75 Å². The van der Waals surface area contributed by atoms with Crippen molar-refractivity contribution in [3.05, 3.63) is 66.2 Å². The van der Waals surface area contributed by atoms with Crippen molar-refractivity contribution >= 4 is 21.6 Å². The minimum absolute atomic E-state index is 0.0193. The molecular formula is C22H23N3O4S. The molecule has 1 aliphatic rings. The quantitative estimate of drug-likeness (QED) is 0.655. The van der Waals surface area contributed by atoms with Gasteiger partial charge in [-0.2, -0.15) is 5.10 Å². The summed E-state index contributed by atoms with van der Waals surface area (Å²) in [7, 11) is -3.09. The molecule has 1 N–H and O–H groups in total. The maximum Gasteiger partial charge on any atom is 0.263 e. The van der Waals surface area contributed by atoms with E-state index in [2.05, 4.69) is 10.4 Å². The van der Waals surface area contributed by atoms with Crippen molar-refractivity contribution in [1.29, 1.82) is 0 Å². The van der Waals surface area contributed by atoms with E-state index in [1.165, 1.54) is 0 Å². The molecule has 1 aliphatic heterocycles. The number of hydrogen-bond donors (Lipinski definition) is 1. The van der Waals surface area contributed by atoms with Crippen LogP contribution in [0.4, 0.5) is 5.82 Å². The average molecular weight is 426 g/mol. The van der Waals surface area contributed by atoms with Crippen molar-refractivity contribution in [1.82, 2.24) is 9.78 Å². The lowest BCUT2D eigenvalue weighted by Gasteiger charge is -2.14. The molecule has 7 nitrogen and oxygen atoms in total. The minimum Gasteiger partial charge on any atom is -0.483 e. The van der Waals surface area contributed by atoms with Crippen LogP contribution in [0.3, 0.4) is 0 Å². The molecule has 156 valence electrons. The van der Waals surface area contributed by atoms with E-state index in [4.69, 9.17) is 4.74 Å². The first-order valence-corrected chi connectivity index (χ1v) is 11.6. The second-order valence-corrected chi connectivity index (χ2v) is 9.61. The monoisotopic (exact) mass is 425 g/mol. The zero-order chi connectivity index (χ0) is 21.1. The van der Waals surface area contributed by atoms with Crippen molar-refractivity contribution < 1.29 is 17.9 Å². The molecule has 2 heterocycles. The van der Waals surface area contributed by atoms with Gasteiger partial charge in [-0.1, -0.05) is 48.5 Å². The Hall–Kier alpha value is -3.13. The first kappa shape index (κ1) is 20.2. The third-order valence-electron chi connectivity index (χ3n) is 5.08. The van der Waals surface area contributed by atoms with E-state index in [0.29, 0.717) is 23.7 Å². The lowest BCUT2D eigenvalue weighted by atomic mass is 10.1. The van der Waals surface area contributed by atoms with Crippen LogP contribution in [0, 0.1) is 6.92 Å². The number of hydrogen-bond acceptors (Lipinski definition) is 5. The fourth-order valence-electron chi connectivity index (χ4n) is 3.52. The molecule has 1 amide bonds. The number of sulfone groups is 1. The summed E-state index contributed by atoms with van der Waals surface area (Å²) in [6.45, 7) is 1.76. The first-order valence-electron chi connectivity index (χ1n) is 9.75. The number of amides is 1. The highest BCUT2D eigenvalue weighted by molar-refractivity contribution is 7.91. The molecule has 0 saturated carbocycles. The number of carbonyl (C=O) groups is 1. The van der Waals surface area contributed by atoms with Gasteiger partial charge in [0.05, 0.1) is 23.2 Å². The van der Waals surface area contributed by atoms with Gasteiger partial charge in [0.25, 0.3) is 5.91 Å². The SMILES string of the molecule is Cc1ccccc1OCC(=O)Nc1cc(-c2ccccc2)nn1[C@H]1CCS(=O)(=O)C1. The summed E-state index contributed by atoms with van der Waals surface area (Å²) >= 11 is 0. The van der Waals surface area contributed by atoms with Gasteiger partial charge in [0, 0.05) is 11.6 Å². The number of para-hydroxylation sites is 1. The van der Waals surface area contributed by atoms with E-state index in [-0.39, 0.29) is 30.1 Å². The molecule has 1 atom stereocenters. The third-order valence-corrected chi connectivity index (χ3v) is 6.83. The van der Waals surface area contributed by atoms with Crippen LogP contribution < -0.4 is 10.1 Å². The van der Waals surface area contributed by atoms with E-state index in [1.54, 1.807) is 10.7 Å². The first-order chi connectivity index (χ1) is 14.4. The molecule has 2 aromatic carbocycles. The molecule has 4 rings (SSSR count). The molecule has 0 radical (unpaired) electrons. The van der Waals surface area contributed by atoms with Crippen LogP contribution in [0.25, 0.3) is 11.3 Å². The smallest absolute Gasteiger partial charge is 0.263 e. The van der Waals surface area contributed by atoms with Gasteiger partial charge in [-0.05, 0) is 25.0 Å². The molecule has 1 aromatic heterocycles. The molecule has 0 aliphatic carbocycles. The number of aromatic nitrogens is 2. The molecular weight excluding hydrogens is 402 g/mol. The average Bonchev–Trinajstić information content (AvgIpc) is 3.31. The van der Waals surface area contributed by atoms with E-state index in [9.17, 15) is 13.2 Å². The standard InChI is InChI=1S/C22H23N3O4S/c1-16-7-5-6-10-20(16)29-14-22(26)23-21-13-19(17-8-3-2-4-9-17)24-25(21)18-11-12-30(27,28)15-18/h2-10,13,18H,11-12,14-15H2,1H3,(H,23,26)/t18-/m0/s1. The summed E-state index contributed by atoms with van der Waals surface area (Å²) in [6.07, 6.45) is 0.473. The van der Waals surface area contributed by atoms with Crippen molar-refractivity contribution in [3.63, 3.8) is 0 Å². The number of ether oxygens (including phenoxy) is 1. The van der Waals surface area contributed by atoms with Crippen LogP contribution >= 0.6 is 0 Å². The fraction of sp³-hybridized carbons (Fsp3) is 0.273. The number of anilines is 1. The highest BCUT2D eigenvalue weighted by Gasteiger charge is 2.31. The Bertz CT molecular complexity index is 1160. The summed E-state index contributed by atoms with van der Waals surface area (Å²) in [6, 6.07) is 18.5. The summed E-state index contributed by atoms with van der Waals surface area (Å²) in [5.74, 6) is 0.926. The number of aryl methyl sites for hydroxylation is 1. The Balaban J connectivity index is 1.55. The normalized spacial score (nSPS) is 17.6. The van der Waals surface area contributed by atoms with E-state index < -0.39 is 9.84 Å². The predicted molar refractivity (Wildman–Crippen MR) is 115 cm³/mol. The Morgan fingerprint density at radius 1 is 1.17 bits per heavy atom. The number of nitrogens with zero attached hydrogens (tertiary/aromatic N) is 2.